The molecular weight excluding hydrogens is 264 g/mol. The summed E-state index contributed by atoms with van der Waals surface area (Å²) >= 11 is 0. The van der Waals surface area contributed by atoms with E-state index in [9.17, 15) is 4.79 Å². The maximum atomic E-state index is 12.2. The first-order valence-corrected chi connectivity index (χ1v) is 7.43. The molecule has 4 N–H and O–H groups in total. The molecule has 0 radical (unpaired) electrons. The third-order valence-corrected chi connectivity index (χ3v) is 4.19. The van der Waals surface area contributed by atoms with Gasteiger partial charge >= 0.3 is 0 Å². The molecule has 3 rings (SSSR count). The zero-order chi connectivity index (χ0) is 14.8. The summed E-state index contributed by atoms with van der Waals surface area (Å²) in [6, 6.07) is 7.80. The Morgan fingerprint density at radius 2 is 2.33 bits per heavy atom. The molecule has 0 bridgehead atoms. The summed E-state index contributed by atoms with van der Waals surface area (Å²) in [6.07, 6.45) is 3.50. The number of nitrogens with two attached hydrogens (primary N) is 1. The summed E-state index contributed by atoms with van der Waals surface area (Å²) in [5, 5.41) is 4.19. The van der Waals surface area contributed by atoms with Gasteiger partial charge in [-0.05, 0) is 38.1 Å². The number of likely N-dealkylation sites (N-methyl/N-ethyl adjacent to an activating group) is 1. The van der Waals surface area contributed by atoms with Crippen LogP contribution in [0.4, 0.5) is 0 Å². The minimum Gasteiger partial charge on any atom is -0.361 e. The molecule has 0 aliphatic carbocycles. The molecule has 2 atom stereocenters. The maximum absolute atomic E-state index is 12.2. The molecule has 1 aromatic carbocycles. The van der Waals surface area contributed by atoms with Crippen molar-refractivity contribution in [3.63, 3.8) is 0 Å². The predicted octanol–water partition coefficient (Wildman–Crippen LogP) is 0.858. The fourth-order valence-electron chi connectivity index (χ4n) is 2.99. The second kappa shape index (κ2) is 5.87. The van der Waals surface area contributed by atoms with E-state index in [-0.39, 0.29) is 11.9 Å². The summed E-state index contributed by atoms with van der Waals surface area (Å²) < 4.78 is 0. The normalized spacial score (nSPS) is 20.8. The van der Waals surface area contributed by atoms with Crippen molar-refractivity contribution in [3.8, 4) is 0 Å². The summed E-state index contributed by atoms with van der Waals surface area (Å²) in [4.78, 5) is 17.6. The molecule has 1 aromatic heterocycles. The van der Waals surface area contributed by atoms with Crippen molar-refractivity contribution in [1.29, 1.82) is 0 Å². The van der Waals surface area contributed by atoms with E-state index in [0.29, 0.717) is 6.42 Å². The average Bonchev–Trinajstić information content (AvgIpc) is 3.06. The fourth-order valence-corrected chi connectivity index (χ4v) is 2.99. The molecule has 5 nitrogen and oxygen atoms in total. The monoisotopic (exact) mass is 286 g/mol. The number of aromatic amines is 1. The van der Waals surface area contributed by atoms with E-state index in [0.717, 1.165) is 36.0 Å². The van der Waals surface area contributed by atoms with Gasteiger partial charge in [0.05, 0.1) is 6.04 Å². The quantitative estimate of drug-likeness (QED) is 0.780. The number of hydrogen-bond acceptors (Lipinski definition) is 3. The molecule has 5 heteroatoms. The smallest absolute Gasteiger partial charge is 0.237 e. The van der Waals surface area contributed by atoms with E-state index in [2.05, 4.69) is 28.3 Å². The van der Waals surface area contributed by atoms with E-state index in [1.54, 1.807) is 0 Å². The lowest BCUT2D eigenvalue weighted by molar-refractivity contribution is -0.122. The van der Waals surface area contributed by atoms with Crippen molar-refractivity contribution in [2.75, 3.05) is 20.1 Å². The van der Waals surface area contributed by atoms with Gasteiger partial charge in [0, 0.05) is 29.7 Å². The number of benzene rings is 1. The Labute approximate surface area is 124 Å². The van der Waals surface area contributed by atoms with Gasteiger partial charge in [-0.25, -0.2) is 0 Å². The van der Waals surface area contributed by atoms with E-state index < -0.39 is 6.04 Å². The maximum Gasteiger partial charge on any atom is 0.237 e. The van der Waals surface area contributed by atoms with Gasteiger partial charge in [0.2, 0.25) is 5.91 Å². The summed E-state index contributed by atoms with van der Waals surface area (Å²) in [5.74, 6) is -0.0550. The summed E-state index contributed by atoms with van der Waals surface area (Å²) in [5.41, 5.74) is 8.25. The Kier molecular flexibility index (Phi) is 3.94. The largest absolute Gasteiger partial charge is 0.361 e. The van der Waals surface area contributed by atoms with Crippen LogP contribution in [0.5, 0.6) is 0 Å². The molecule has 21 heavy (non-hydrogen) atoms. The van der Waals surface area contributed by atoms with Crippen molar-refractivity contribution in [2.45, 2.75) is 24.9 Å². The average molecular weight is 286 g/mol. The number of aromatic nitrogens is 1. The molecule has 2 aromatic rings. The van der Waals surface area contributed by atoms with Crippen LogP contribution >= 0.6 is 0 Å². The highest BCUT2D eigenvalue weighted by Gasteiger charge is 2.24. The van der Waals surface area contributed by atoms with Gasteiger partial charge in [-0.3, -0.25) is 4.79 Å². The first kappa shape index (κ1) is 14.1. The standard InChI is InChI=1S/C16H22N4O/c1-20-7-6-12(10-20)19-16(21)14(17)8-11-9-18-15-5-3-2-4-13(11)15/h2-5,9,12,14,18H,6-8,10,17H2,1H3,(H,19,21). The Balaban J connectivity index is 1.63. The van der Waals surface area contributed by atoms with Crippen LogP contribution in [0.25, 0.3) is 10.9 Å². The third kappa shape index (κ3) is 3.09. The van der Waals surface area contributed by atoms with E-state index in [4.69, 9.17) is 5.73 Å². The number of hydrogen-bond donors (Lipinski definition) is 3. The Morgan fingerprint density at radius 1 is 1.52 bits per heavy atom. The van der Waals surface area contributed by atoms with Crippen LogP contribution in [-0.2, 0) is 11.2 Å². The van der Waals surface area contributed by atoms with Crippen LogP contribution in [0.3, 0.4) is 0 Å². The van der Waals surface area contributed by atoms with Crippen LogP contribution in [0.15, 0.2) is 30.5 Å². The Hall–Kier alpha value is -1.85. The number of fused-ring (bicyclic) bond motifs is 1. The summed E-state index contributed by atoms with van der Waals surface area (Å²) in [6.45, 7) is 1.94. The fraction of sp³-hybridized carbons (Fsp3) is 0.438. The third-order valence-electron chi connectivity index (χ3n) is 4.19. The van der Waals surface area contributed by atoms with Gasteiger partial charge in [-0.15, -0.1) is 0 Å². The predicted molar refractivity (Wildman–Crippen MR) is 84.0 cm³/mol. The second-order valence-corrected chi connectivity index (χ2v) is 5.93. The molecular formula is C16H22N4O. The molecule has 1 amide bonds. The number of amides is 1. The van der Waals surface area contributed by atoms with Gasteiger partial charge in [-0.1, -0.05) is 18.2 Å². The Bertz CT molecular complexity index is 636. The lowest BCUT2D eigenvalue weighted by Gasteiger charge is -2.16. The molecule has 2 heterocycles. The van der Waals surface area contributed by atoms with Crippen LogP contribution < -0.4 is 11.1 Å². The number of likely N-dealkylation sites (tertiary alicyclic amines) is 1. The van der Waals surface area contributed by atoms with Crippen molar-refractivity contribution in [1.82, 2.24) is 15.2 Å². The lowest BCUT2D eigenvalue weighted by atomic mass is 10.0. The van der Waals surface area contributed by atoms with E-state index in [1.165, 1.54) is 0 Å². The zero-order valence-corrected chi connectivity index (χ0v) is 12.3. The van der Waals surface area contributed by atoms with Gasteiger partial charge in [0.15, 0.2) is 0 Å². The van der Waals surface area contributed by atoms with Crippen molar-refractivity contribution < 1.29 is 4.79 Å². The molecule has 112 valence electrons. The molecule has 2 unspecified atom stereocenters. The number of H-pyrrole nitrogens is 1. The number of rotatable bonds is 4. The van der Waals surface area contributed by atoms with Crippen molar-refractivity contribution in [3.05, 3.63) is 36.0 Å². The Morgan fingerprint density at radius 3 is 3.10 bits per heavy atom. The minimum atomic E-state index is -0.505. The highest BCUT2D eigenvalue weighted by atomic mass is 16.2. The molecule has 0 saturated carbocycles. The van der Waals surface area contributed by atoms with Crippen LogP contribution in [0, 0.1) is 0 Å². The number of nitrogens with one attached hydrogen (secondary N) is 2. The highest BCUT2D eigenvalue weighted by Crippen LogP contribution is 2.18. The first-order valence-electron chi connectivity index (χ1n) is 7.43. The SMILES string of the molecule is CN1CCC(NC(=O)C(N)Cc2c[nH]c3ccccc23)C1. The van der Waals surface area contributed by atoms with Gasteiger partial charge in [0.25, 0.3) is 0 Å². The zero-order valence-electron chi connectivity index (χ0n) is 12.3. The molecule has 1 aliphatic heterocycles. The van der Waals surface area contributed by atoms with Crippen LogP contribution in [-0.4, -0.2) is 48.0 Å². The van der Waals surface area contributed by atoms with Gasteiger partial charge in [0.1, 0.15) is 0 Å². The number of nitrogens with zero attached hydrogens (tertiary/aromatic N) is 1. The lowest BCUT2D eigenvalue weighted by Crippen LogP contribution is -2.47. The second-order valence-electron chi connectivity index (χ2n) is 5.93. The number of carbonyl (C=O) groups excluding carboxylic acids is 1. The summed E-state index contributed by atoms with van der Waals surface area (Å²) in [7, 11) is 2.07. The molecule has 1 fully saturated rings. The molecule has 1 aliphatic rings. The van der Waals surface area contributed by atoms with Crippen LogP contribution in [0.1, 0.15) is 12.0 Å². The molecule has 0 spiro atoms. The van der Waals surface area contributed by atoms with E-state index in [1.807, 2.05) is 24.4 Å². The topological polar surface area (TPSA) is 74.2 Å². The number of carbonyl (C=O) groups is 1. The van der Waals surface area contributed by atoms with Gasteiger partial charge in [-0.2, -0.15) is 0 Å². The molecule has 1 saturated heterocycles. The first-order chi connectivity index (χ1) is 10.1. The highest BCUT2D eigenvalue weighted by molar-refractivity contribution is 5.86. The number of para-hydroxylation sites is 1. The van der Waals surface area contributed by atoms with Crippen molar-refractivity contribution in [2.24, 2.45) is 5.73 Å². The minimum absolute atomic E-state index is 0.0550. The van der Waals surface area contributed by atoms with Crippen LogP contribution in [0.2, 0.25) is 0 Å². The van der Waals surface area contributed by atoms with Crippen molar-refractivity contribution >= 4 is 16.8 Å². The van der Waals surface area contributed by atoms with Gasteiger partial charge < -0.3 is 20.9 Å². The van der Waals surface area contributed by atoms with E-state index >= 15 is 0 Å².